The van der Waals surface area contributed by atoms with E-state index in [0.29, 0.717) is 24.4 Å². The van der Waals surface area contributed by atoms with Gasteiger partial charge in [0.1, 0.15) is 5.82 Å². The van der Waals surface area contributed by atoms with Crippen molar-refractivity contribution in [3.63, 3.8) is 0 Å². The van der Waals surface area contributed by atoms with Gasteiger partial charge >= 0.3 is 0 Å². The second-order valence-electron chi connectivity index (χ2n) is 8.51. The zero-order valence-corrected chi connectivity index (χ0v) is 16.4. The van der Waals surface area contributed by atoms with Gasteiger partial charge in [0.2, 0.25) is 11.8 Å². The summed E-state index contributed by atoms with van der Waals surface area (Å²) in [5.74, 6) is 0.440. The maximum atomic E-state index is 13.3. The number of carbonyl (C=O) groups is 2. The van der Waals surface area contributed by atoms with Crippen molar-refractivity contribution in [1.82, 2.24) is 15.1 Å². The third-order valence-corrected chi connectivity index (χ3v) is 6.40. The average Bonchev–Trinajstić information content (AvgIpc) is 3.57. The Labute approximate surface area is 166 Å². The van der Waals surface area contributed by atoms with Gasteiger partial charge in [0, 0.05) is 38.1 Å². The molecule has 5 nitrogen and oxygen atoms in total. The van der Waals surface area contributed by atoms with Crippen molar-refractivity contribution in [1.29, 1.82) is 0 Å². The van der Waals surface area contributed by atoms with Crippen molar-refractivity contribution >= 4 is 11.8 Å². The van der Waals surface area contributed by atoms with Crippen LogP contribution in [0.3, 0.4) is 0 Å². The van der Waals surface area contributed by atoms with Crippen molar-refractivity contribution in [2.45, 2.75) is 51.1 Å². The number of rotatable bonds is 5. The number of nitrogens with zero attached hydrogens (tertiary/aromatic N) is 2. The van der Waals surface area contributed by atoms with Crippen LogP contribution in [-0.4, -0.2) is 53.8 Å². The molecule has 4 rings (SSSR count). The number of nitrogens with one attached hydrogen (secondary N) is 1. The second-order valence-corrected chi connectivity index (χ2v) is 8.51. The Bertz CT molecular complexity index is 713. The molecule has 3 aliphatic rings. The fourth-order valence-electron chi connectivity index (χ4n) is 4.57. The third kappa shape index (κ3) is 4.72. The highest BCUT2D eigenvalue weighted by Gasteiger charge is 2.37. The molecule has 2 aliphatic heterocycles. The summed E-state index contributed by atoms with van der Waals surface area (Å²) >= 11 is 0. The highest BCUT2D eigenvalue weighted by Crippen LogP contribution is 2.32. The van der Waals surface area contributed by atoms with E-state index in [1.807, 2.05) is 11.0 Å². The molecule has 1 aromatic rings. The molecule has 1 unspecified atom stereocenters. The van der Waals surface area contributed by atoms with Gasteiger partial charge in [0.25, 0.3) is 0 Å². The first-order valence-corrected chi connectivity index (χ1v) is 10.6. The molecule has 28 heavy (non-hydrogen) atoms. The quantitative estimate of drug-likeness (QED) is 0.845. The molecule has 2 heterocycles. The van der Waals surface area contributed by atoms with E-state index in [1.54, 1.807) is 6.07 Å². The molecule has 6 heteroatoms. The van der Waals surface area contributed by atoms with E-state index in [-0.39, 0.29) is 17.6 Å². The van der Waals surface area contributed by atoms with Crippen molar-refractivity contribution in [2.24, 2.45) is 11.8 Å². The van der Waals surface area contributed by atoms with Crippen LogP contribution in [0.1, 0.15) is 44.1 Å². The first-order chi connectivity index (χ1) is 13.6. The maximum absolute atomic E-state index is 13.3. The molecule has 1 aromatic carbocycles. The Morgan fingerprint density at radius 2 is 1.82 bits per heavy atom. The smallest absolute Gasteiger partial charge is 0.225 e. The van der Waals surface area contributed by atoms with Crippen molar-refractivity contribution in [2.75, 3.05) is 26.2 Å². The van der Waals surface area contributed by atoms with Crippen LogP contribution in [-0.2, 0) is 16.1 Å². The molecular weight excluding hydrogens is 357 g/mol. The summed E-state index contributed by atoms with van der Waals surface area (Å²) in [5.41, 5.74) is 0.786. The highest BCUT2D eigenvalue weighted by atomic mass is 19.1. The van der Waals surface area contributed by atoms with Crippen LogP contribution in [0.5, 0.6) is 0 Å². The summed E-state index contributed by atoms with van der Waals surface area (Å²) in [4.78, 5) is 29.4. The minimum absolute atomic E-state index is 0.00608. The molecule has 0 spiro atoms. The van der Waals surface area contributed by atoms with Gasteiger partial charge < -0.3 is 10.2 Å². The number of halogens is 1. The van der Waals surface area contributed by atoms with Crippen molar-refractivity contribution < 1.29 is 14.0 Å². The Kier molecular flexibility index (Phi) is 5.95. The summed E-state index contributed by atoms with van der Waals surface area (Å²) in [7, 11) is 0. The predicted molar refractivity (Wildman–Crippen MR) is 105 cm³/mol. The van der Waals surface area contributed by atoms with E-state index < -0.39 is 0 Å². The van der Waals surface area contributed by atoms with Gasteiger partial charge in [-0.25, -0.2) is 4.39 Å². The van der Waals surface area contributed by atoms with E-state index in [9.17, 15) is 14.0 Å². The average molecular weight is 387 g/mol. The normalized spacial score (nSPS) is 24.2. The molecule has 0 radical (unpaired) electrons. The fourth-order valence-corrected chi connectivity index (χ4v) is 4.57. The number of hydrogen-bond acceptors (Lipinski definition) is 3. The van der Waals surface area contributed by atoms with E-state index in [2.05, 4.69) is 10.2 Å². The lowest BCUT2D eigenvalue weighted by molar-refractivity contribution is -0.134. The van der Waals surface area contributed by atoms with Gasteiger partial charge in [0.15, 0.2) is 0 Å². The van der Waals surface area contributed by atoms with E-state index in [4.69, 9.17) is 0 Å². The summed E-state index contributed by atoms with van der Waals surface area (Å²) in [5, 5.41) is 2.98. The van der Waals surface area contributed by atoms with Crippen molar-refractivity contribution in [3.05, 3.63) is 35.6 Å². The number of amides is 2. The minimum atomic E-state index is -0.276. The van der Waals surface area contributed by atoms with Gasteiger partial charge in [-0.05, 0) is 62.8 Å². The summed E-state index contributed by atoms with van der Waals surface area (Å²) in [6.07, 6.45) is 6.09. The third-order valence-electron chi connectivity index (χ3n) is 6.40. The molecule has 2 saturated heterocycles. The summed E-state index contributed by atoms with van der Waals surface area (Å²) in [6, 6.07) is 6.84. The molecule has 1 saturated carbocycles. The van der Waals surface area contributed by atoms with Gasteiger partial charge in [0.05, 0.1) is 5.92 Å². The van der Waals surface area contributed by atoms with Crippen LogP contribution >= 0.6 is 0 Å². The topological polar surface area (TPSA) is 52.7 Å². The number of hydrogen-bond donors (Lipinski definition) is 1. The largest absolute Gasteiger partial charge is 0.352 e. The molecule has 3 fully saturated rings. The number of piperidine rings is 2. The second kappa shape index (κ2) is 8.60. The Hall–Kier alpha value is -1.95. The lowest BCUT2D eigenvalue weighted by atomic mass is 9.93. The van der Waals surface area contributed by atoms with Crippen LogP contribution in [0.25, 0.3) is 0 Å². The predicted octanol–water partition coefficient (Wildman–Crippen LogP) is 2.55. The summed E-state index contributed by atoms with van der Waals surface area (Å²) < 4.78 is 13.3. The van der Waals surface area contributed by atoms with E-state index >= 15 is 0 Å². The molecule has 0 bridgehead atoms. The Morgan fingerprint density at radius 1 is 1.04 bits per heavy atom. The first-order valence-electron chi connectivity index (χ1n) is 10.6. The minimum Gasteiger partial charge on any atom is -0.352 e. The van der Waals surface area contributed by atoms with Crippen molar-refractivity contribution in [3.8, 4) is 0 Å². The molecule has 1 aliphatic carbocycles. The molecular formula is C22H30FN3O2. The van der Waals surface area contributed by atoms with Crippen LogP contribution in [0, 0.1) is 17.7 Å². The maximum Gasteiger partial charge on any atom is 0.225 e. The van der Waals surface area contributed by atoms with Crippen LogP contribution in [0.4, 0.5) is 4.39 Å². The molecule has 0 aromatic heterocycles. The SMILES string of the molecule is O=C(NCc1cccc(F)c1)C1CCCN(C2CCN(C(=O)C3CC3)CC2)C1. The first kappa shape index (κ1) is 19.4. The van der Waals surface area contributed by atoms with Crippen LogP contribution in [0.15, 0.2) is 24.3 Å². The summed E-state index contributed by atoms with van der Waals surface area (Å²) in [6.45, 7) is 3.90. The lowest BCUT2D eigenvalue weighted by Crippen LogP contribution is -2.51. The lowest BCUT2D eigenvalue weighted by Gasteiger charge is -2.42. The van der Waals surface area contributed by atoms with Gasteiger partial charge in [-0.3, -0.25) is 14.5 Å². The van der Waals surface area contributed by atoms with Gasteiger partial charge in [-0.15, -0.1) is 0 Å². The number of benzene rings is 1. The van der Waals surface area contributed by atoms with E-state index in [1.165, 1.54) is 12.1 Å². The zero-order valence-electron chi connectivity index (χ0n) is 16.4. The molecule has 1 N–H and O–H groups in total. The standard InChI is InChI=1S/C22H30FN3O2/c23-19-5-1-3-16(13-19)14-24-21(27)18-4-2-10-26(15-18)20-8-11-25(12-9-20)22(28)17-6-7-17/h1,3,5,13,17-18,20H,2,4,6-12,14-15H2,(H,24,27). The fraction of sp³-hybridized carbons (Fsp3) is 0.636. The Balaban J connectivity index is 1.24. The van der Waals surface area contributed by atoms with Crippen LogP contribution < -0.4 is 5.32 Å². The zero-order chi connectivity index (χ0) is 19.5. The highest BCUT2D eigenvalue weighted by molar-refractivity contribution is 5.81. The number of carbonyl (C=O) groups excluding carboxylic acids is 2. The van der Waals surface area contributed by atoms with Gasteiger partial charge in [-0.1, -0.05) is 12.1 Å². The Morgan fingerprint density at radius 3 is 2.54 bits per heavy atom. The number of likely N-dealkylation sites (tertiary alicyclic amines) is 2. The monoisotopic (exact) mass is 387 g/mol. The van der Waals surface area contributed by atoms with Crippen LogP contribution in [0.2, 0.25) is 0 Å². The molecule has 152 valence electrons. The van der Waals surface area contributed by atoms with Gasteiger partial charge in [-0.2, -0.15) is 0 Å². The molecule has 1 atom stereocenters. The molecule has 2 amide bonds. The van der Waals surface area contributed by atoms with E-state index in [0.717, 1.165) is 70.3 Å².